The van der Waals surface area contributed by atoms with Crippen molar-refractivity contribution in [2.75, 3.05) is 25.0 Å². The molecule has 1 N–H and O–H groups in total. The van der Waals surface area contributed by atoms with Gasteiger partial charge in [0.2, 0.25) is 5.91 Å². The molecule has 0 spiro atoms. The highest BCUT2D eigenvalue weighted by Crippen LogP contribution is 2.25. The predicted octanol–water partition coefficient (Wildman–Crippen LogP) is 2.44. The van der Waals surface area contributed by atoms with E-state index in [0.717, 1.165) is 35.3 Å². The summed E-state index contributed by atoms with van der Waals surface area (Å²) < 4.78 is 5.21. The molecule has 1 saturated heterocycles. The van der Waals surface area contributed by atoms with E-state index in [9.17, 15) is 9.59 Å². The lowest BCUT2D eigenvalue weighted by atomic mass is 10.1. The molecule has 2 aromatic rings. The van der Waals surface area contributed by atoms with Gasteiger partial charge in [0.05, 0.1) is 6.54 Å². The lowest BCUT2D eigenvalue weighted by molar-refractivity contribution is -0.117. The molecule has 1 aliphatic heterocycles. The van der Waals surface area contributed by atoms with E-state index in [0.29, 0.717) is 12.1 Å². The molecular formula is C17H20N2O3. The highest BCUT2D eigenvalue weighted by Gasteiger charge is 2.16. The Morgan fingerprint density at radius 1 is 1.18 bits per heavy atom. The van der Waals surface area contributed by atoms with Crippen LogP contribution in [-0.4, -0.2) is 30.4 Å². The molecule has 1 amide bonds. The Labute approximate surface area is 128 Å². The molecule has 1 aromatic heterocycles. The van der Waals surface area contributed by atoms with E-state index in [-0.39, 0.29) is 11.5 Å². The number of likely N-dealkylation sites (tertiary alicyclic amines) is 1. The second kappa shape index (κ2) is 5.93. The fourth-order valence-corrected chi connectivity index (χ4v) is 2.93. The Bertz CT molecular complexity index is 773. The molecule has 116 valence electrons. The number of benzene rings is 1. The van der Waals surface area contributed by atoms with Crippen LogP contribution < -0.4 is 10.9 Å². The number of hydrogen-bond acceptors (Lipinski definition) is 4. The van der Waals surface area contributed by atoms with E-state index in [2.05, 4.69) is 10.2 Å². The normalized spacial score (nSPS) is 15.4. The summed E-state index contributed by atoms with van der Waals surface area (Å²) in [5, 5.41) is 3.82. The number of fused-ring (bicyclic) bond motifs is 1. The number of nitrogens with zero attached hydrogens (tertiary/aromatic N) is 1. The van der Waals surface area contributed by atoms with Crippen LogP contribution in [0.3, 0.4) is 0 Å². The number of amides is 1. The maximum atomic E-state index is 12.2. The molecule has 0 unspecified atom stereocenters. The van der Waals surface area contributed by atoms with Crippen LogP contribution in [0.4, 0.5) is 5.69 Å². The third kappa shape index (κ3) is 3.04. The first-order chi connectivity index (χ1) is 10.5. The summed E-state index contributed by atoms with van der Waals surface area (Å²) in [6.07, 6.45) is 2.33. The van der Waals surface area contributed by atoms with Gasteiger partial charge in [0.15, 0.2) is 0 Å². The van der Waals surface area contributed by atoms with Crippen LogP contribution in [0, 0.1) is 13.8 Å². The first-order valence-electron chi connectivity index (χ1n) is 7.60. The van der Waals surface area contributed by atoms with Gasteiger partial charge in [-0.1, -0.05) is 0 Å². The lowest BCUT2D eigenvalue weighted by Crippen LogP contribution is -2.31. The van der Waals surface area contributed by atoms with Gasteiger partial charge in [-0.2, -0.15) is 0 Å². The van der Waals surface area contributed by atoms with Crippen LogP contribution >= 0.6 is 0 Å². The van der Waals surface area contributed by atoms with Gasteiger partial charge in [-0.25, -0.2) is 4.79 Å². The molecule has 0 atom stereocenters. The summed E-state index contributed by atoms with van der Waals surface area (Å²) in [6, 6.07) is 5.15. The van der Waals surface area contributed by atoms with Crippen molar-refractivity contribution in [2.45, 2.75) is 26.7 Å². The average Bonchev–Trinajstić information content (AvgIpc) is 2.93. The second-order valence-electron chi connectivity index (χ2n) is 5.94. The summed E-state index contributed by atoms with van der Waals surface area (Å²) in [6.45, 7) is 6.18. The van der Waals surface area contributed by atoms with Crippen molar-refractivity contribution in [3.8, 4) is 0 Å². The molecule has 0 aliphatic carbocycles. The highest BCUT2D eigenvalue weighted by atomic mass is 16.4. The van der Waals surface area contributed by atoms with Crippen molar-refractivity contribution < 1.29 is 9.21 Å². The van der Waals surface area contributed by atoms with Gasteiger partial charge in [0.1, 0.15) is 5.58 Å². The Balaban J connectivity index is 1.85. The van der Waals surface area contributed by atoms with Gasteiger partial charge in [-0.3, -0.25) is 9.69 Å². The van der Waals surface area contributed by atoms with Gasteiger partial charge < -0.3 is 9.73 Å². The zero-order valence-electron chi connectivity index (χ0n) is 12.9. The third-order valence-corrected chi connectivity index (χ3v) is 4.14. The Kier molecular flexibility index (Phi) is 3.98. The van der Waals surface area contributed by atoms with Gasteiger partial charge >= 0.3 is 5.63 Å². The SMILES string of the molecule is Cc1cc2oc(=O)cc(C)c2cc1NC(=O)CN1CCCC1. The molecular weight excluding hydrogens is 280 g/mol. The van der Waals surface area contributed by atoms with Crippen LogP contribution in [0.1, 0.15) is 24.0 Å². The lowest BCUT2D eigenvalue weighted by Gasteiger charge is -2.15. The fraction of sp³-hybridized carbons (Fsp3) is 0.412. The van der Waals surface area contributed by atoms with Crippen molar-refractivity contribution in [3.05, 3.63) is 39.7 Å². The number of carbonyl (C=O) groups excluding carboxylic acids is 1. The van der Waals surface area contributed by atoms with Gasteiger partial charge in [-0.15, -0.1) is 0 Å². The summed E-state index contributed by atoms with van der Waals surface area (Å²) in [7, 11) is 0. The average molecular weight is 300 g/mol. The molecule has 5 heteroatoms. The summed E-state index contributed by atoms with van der Waals surface area (Å²) >= 11 is 0. The smallest absolute Gasteiger partial charge is 0.336 e. The van der Waals surface area contributed by atoms with Crippen molar-refractivity contribution in [3.63, 3.8) is 0 Å². The number of aryl methyl sites for hydroxylation is 2. The van der Waals surface area contributed by atoms with E-state index in [1.807, 2.05) is 19.9 Å². The van der Waals surface area contributed by atoms with Crippen LogP contribution in [0.5, 0.6) is 0 Å². The maximum absolute atomic E-state index is 12.2. The first kappa shape index (κ1) is 14.8. The fourth-order valence-electron chi connectivity index (χ4n) is 2.93. The Hall–Kier alpha value is -2.14. The van der Waals surface area contributed by atoms with Crippen LogP contribution in [-0.2, 0) is 4.79 Å². The molecule has 0 bridgehead atoms. The number of nitrogens with one attached hydrogen (secondary N) is 1. The molecule has 3 rings (SSSR count). The maximum Gasteiger partial charge on any atom is 0.336 e. The number of anilines is 1. The van der Waals surface area contributed by atoms with E-state index >= 15 is 0 Å². The van der Waals surface area contributed by atoms with Crippen molar-refractivity contribution >= 4 is 22.6 Å². The Morgan fingerprint density at radius 3 is 2.64 bits per heavy atom. The highest BCUT2D eigenvalue weighted by molar-refractivity contribution is 5.96. The quantitative estimate of drug-likeness (QED) is 0.884. The second-order valence-corrected chi connectivity index (χ2v) is 5.94. The van der Waals surface area contributed by atoms with Crippen molar-refractivity contribution in [2.24, 2.45) is 0 Å². The zero-order chi connectivity index (χ0) is 15.7. The molecule has 1 aromatic carbocycles. The van der Waals surface area contributed by atoms with Crippen LogP contribution in [0.2, 0.25) is 0 Å². The van der Waals surface area contributed by atoms with Gasteiger partial charge in [0.25, 0.3) is 0 Å². The molecule has 5 nitrogen and oxygen atoms in total. The van der Waals surface area contributed by atoms with Crippen molar-refractivity contribution in [1.29, 1.82) is 0 Å². The van der Waals surface area contributed by atoms with Crippen LogP contribution in [0.25, 0.3) is 11.0 Å². The number of hydrogen-bond donors (Lipinski definition) is 1. The monoisotopic (exact) mass is 300 g/mol. The summed E-state index contributed by atoms with van der Waals surface area (Å²) in [5.41, 5.74) is 2.71. The molecule has 0 radical (unpaired) electrons. The Morgan fingerprint density at radius 2 is 1.91 bits per heavy atom. The van der Waals surface area contributed by atoms with E-state index in [4.69, 9.17) is 4.42 Å². The van der Waals surface area contributed by atoms with E-state index < -0.39 is 0 Å². The molecule has 22 heavy (non-hydrogen) atoms. The molecule has 0 saturated carbocycles. The summed E-state index contributed by atoms with van der Waals surface area (Å²) in [4.78, 5) is 25.8. The standard InChI is InChI=1S/C17H20N2O3/c1-11-8-17(21)22-15-7-12(2)14(9-13(11)15)18-16(20)10-19-5-3-4-6-19/h7-9H,3-6,10H2,1-2H3,(H,18,20). The summed E-state index contributed by atoms with van der Waals surface area (Å²) in [5.74, 6) is -0.000568. The van der Waals surface area contributed by atoms with Crippen LogP contribution in [0.15, 0.2) is 27.4 Å². The van der Waals surface area contributed by atoms with E-state index in [1.54, 1.807) is 6.07 Å². The van der Waals surface area contributed by atoms with Gasteiger partial charge in [0, 0.05) is 17.1 Å². The molecule has 2 heterocycles. The number of carbonyl (C=O) groups is 1. The zero-order valence-corrected chi connectivity index (χ0v) is 12.9. The minimum atomic E-state index is -0.352. The predicted molar refractivity (Wildman–Crippen MR) is 86.3 cm³/mol. The molecule has 1 aliphatic rings. The van der Waals surface area contributed by atoms with E-state index in [1.165, 1.54) is 18.9 Å². The number of rotatable bonds is 3. The molecule has 1 fully saturated rings. The van der Waals surface area contributed by atoms with Crippen molar-refractivity contribution in [1.82, 2.24) is 4.90 Å². The first-order valence-corrected chi connectivity index (χ1v) is 7.60. The minimum absolute atomic E-state index is 0.000568. The minimum Gasteiger partial charge on any atom is -0.423 e. The largest absolute Gasteiger partial charge is 0.423 e. The topological polar surface area (TPSA) is 62.6 Å². The third-order valence-electron chi connectivity index (χ3n) is 4.14. The van der Waals surface area contributed by atoms with Gasteiger partial charge in [-0.05, 0) is 63.0 Å².